The molecule has 1 heterocycles. The molecule has 32 heavy (non-hydrogen) atoms. The van der Waals surface area contributed by atoms with Gasteiger partial charge in [0.2, 0.25) is 0 Å². The molecule has 0 bridgehead atoms. The van der Waals surface area contributed by atoms with Crippen molar-refractivity contribution in [2.75, 3.05) is 7.11 Å². The average Bonchev–Trinajstić information content (AvgIpc) is 3.24. The van der Waals surface area contributed by atoms with E-state index in [0.29, 0.717) is 37.9 Å². The van der Waals surface area contributed by atoms with E-state index in [9.17, 15) is 9.59 Å². The van der Waals surface area contributed by atoms with Gasteiger partial charge in [0.25, 0.3) is 0 Å². The Morgan fingerprint density at radius 3 is 2.50 bits per heavy atom. The molecule has 2 aromatic carbocycles. The lowest BCUT2D eigenvalue weighted by Gasteiger charge is -2.27. The Balaban J connectivity index is 1.47. The van der Waals surface area contributed by atoms with Gasteiger partial charge in [-0.05, 0) is 61.9 Å². The maximum absolute atomic E-state index is 12.8. The number of amides is 2. The molecule has 1 aliphatic rings. The lowest BCUT2D eigenvalue weighted by Crippen LogP contribution is -2.45. The zero-order chi connectivity index (χ0) is 22.5. The van der Waals surface area contributed by atoms with Crippen LogP contribution in [0.25, 0.3) is 11.0 Å². The monoisotopic (exact) mass is 436 g/mol. The number of ether oxygens (including phenoxy) is 1. The van der Waals surface area contributed by atoms with Crippen LogP contribution in [0.2, 0.25) is 0 Å². The number of aromatic nitrogens is 2. The Morgan fingerprint density at radius 1 is 1.12 bits per heavy atom. The molecule has 4 N–H and O–H groups in total. The number of carboxylic acid groups (broad SMARTS) is 1. The van der Waals surface area contributed by atoms with Gasteiger partial charge in [0.05, 0.1) is 30.1 Å². The Labute approximate surface area is 186 Å². The van der Waals surface area contributed by atoms with E-state index in [4.69, 9.17) is 9.84 Å². The number of rotatable bonds is 7. The lowest BCUT2D eigenvalue weighted by atomic mass is 9.86. The molecule has 1 atom stereocenters. The number of carbonyl (C=O) groups excluding carboxylic acids is 1. The second-order valence-electron chi connectivity index (χ2n) is 8.25. The number of aliphatic carboxylic acids is 1. The molecule has 1 saturated carbocycles. The van der Waals surface area contributed by atoms with Crippen molar-refractivity contribution in [1.82, 2.24) is 20.6 Å². The summed E-state index contributed by atoms with van der Waals surface area (Å²) in [6, 6.07) is 14.8. The lowest BCUT2D eigenvalue weighted by molar-refractivity contribution is -0.142. The highest BCUT2D eigenvalue weighted by atomic mass is 16.5. The normalized spacial score (nSPS) is 19.3. The summed E-state index contributed by atoms with van der Waals surface area (Å²) in [6.45, 7) is 0. The second-order valence-corrected chi connectivity index (χ2v) is 8.25. The Bertz CT molecular complexity index is 1040. The van der Waals surface area contributed by atoms with Crippen molar-refractivity contribution in [2.45, 2.75) is 44.2 Å². The number of nitrogens with one attached hydrogen (secondary N) is 3. The standard InChI is InChI=1S/C24H28N4O4/c1-32-18-12-6-15(7-13-18)14-21(22-26-19-4-2-3-5-20(19)27-22)28-24(31)25-17-10-8-16(9-11-17)23(29)30/h2-7,12-13,16-17,21H,8-11,14H2,1H3,(H,26,27)(H,29,30)(H2,25,28,31)/t16?,17?,21-/m1/s1. The number of nitrogens with zero attached hydrogens (tertiary/aromatic N) is 1. The highest BCUT2D eigenvalue weighted by molar-refractivity contribution is 5.77. The molecule has 1 aliphatic carbocycles. The summed E-state index contributed by atoms with van der Waals surface area (Å²) in [4.78, 5) is 32.0. The number of fused-ring (bicyclic) bond motifs is 1. The Hall–Kier alpha value is -3.55. The van der Waals surface area contributed by atoms with Crippen LogP contribution in [0.1, 0.15) is 43.1 Å². The number of hydrogen-bond donors (Lipinski definition) is 4. The molecule has 0 radical (unpaired) electrons. The molecule has 168 valence electrons. The maximum Gasteiger partial charge on any atom is 0.315 e. The van der Waals surface area contributed by atoms with Gasteiger partial charge in [-0.2, -0.15) is 0 Å². The first-order chi connectivity index (χ1) is 15.5. The summed E-state index contributed by atoms with van der Waals surface area (Å²) in [5.74, 6) is 0.398. The minimum atomic E-state index is -0.752. The van der Waals surface area contributed by atoms with Crippen molar-refractivity contribution in [1.29, 1.82) is 0 Å². The molecule has 8 heteroatoms. The zero-order valence-corrected chi connectivity index (χ0v) is 18.0. The van der Waals surface area contributed by atoms with Crippen molar-refractivity contribution in [3.8, 4) is 5.75 Å². The van der Waals surface area contributed by atoms with Crippen LogP contribution in [0.15, 0.2) is 48.5 Å². The first-order valence-electron chi connectivity index (χ1n) is 10.9. The Morgan fingerprint density at radius 2 is 1.84 bits per heavy atom. The fraction of sp³-hybridized carbons (Fsp3) is 0.375. The molecule has 0 aliphatic heterocycles. The van der Waals surface area contributed by atoms with Crippen LogP contribution in [0.3, 0.4) is 0 Å². The first-order valence-corrected chi connectivity index (χ1v) is 10.9. The van der Waals surface area contributed by atoms with Crippen LogP contribution < -0.4 is 15.4 Å². The molecular formula is C24H28N4O4. The molecule has 8 nitrogen and oxygen atoms in total. The predicted molar refractivity (Wildman–Crippen MR) is 121 cm³/mol. The van der Waals surface area contributed by atoms with Crippen LogP contribution in [0.4, 0.5) is 4.79 Å². The summed E-state index contributed by atoms with van der Waals surface area (Å²) in [5, 5.41) is 15.2. The molecule has 1 aromatic heterocycles. The van der Waals surface area contributed by atoms with E-state index in [1.54, 1.807) is 7.11 Å². The van der Waals surface area contributed by atoms with Gasteiger partial charge in [-0.1, -0.05) is 24.3 Å². The third kappa shape index (κ3) is 5.19. The second kappa shape index (κ2) is 9.72. The maximum atomic E-state index is 12.8. The van der Waals surface area contributed by atoms with Gasteiger partial charge in [0.1, 0.15) is 11.6 Å². The first kappa shape index (κ1) is 21.7. The average molecular weight is 437 g/mol. The van der Waals surface area contributed by atoms with Crippen LogP contribution >= 0.6 is 0 Å². The van der Waals surface area contributed by atoms with Crippen molar-refractivity contribution in [2.24, 2.45) is 5.92 Å². The molecule has 0 saturated heterocycles. The summed E-state index contributed by atoms with van der Waals surface area (Å²) < 4.78 is 5.24. The SMILES string of the molecule is COc1ccc(C[C@@H](NC(=O)NC2CCC(C(=O)O)CC2)c2nc3ccccc3[nH]2)cc1. The molecule has 0 spiro atoms. The van der Waals surface area contributed by atoms with Crippen molar-refractivity contribution < 1.29 is 19.4 Å². The van der Waals surface area contributed by atoms with Crippen LogP contribution in [-0.4, -0.2) is 40.2 Å². The molecule has 0 unspecified atom stereocenters. The van der Waals surface area contributed by atoms with Crippen molar-refractivity contribution >= 4 is 23.0 Å². The minimum absolute atomic E-state index is 0.0251. The van der Waals surface area contributed by atoms with E-state index in [-0.39, 0.29) is 24.0 Å². The van der Waals surface area contributed by atoms with Gasteiger partial charge in [0, 0.05) is 6.04 Å². The highest BCUT2D eigenvalue weighted by Gasteiger charge is 2.27. The van der Waals surface area contributed by atoms with Crippen LogP contribution in [0.5, 0.6) is 5.75 Å². The number of methoxy groups -OCH3 is 1. The predicted octanol–water partition coefficient (Wildman–Crippen LogP) is 3.80. The van der Waals surface area contributed by atoms with Gasteiger partial charge in [-0.3, -0.25) is 4.79 Å². The third-order valence-electron chi connectivity index (χ3n) is 6.05. The summed E-state index contributed by atoms with van der Waals surface area (Å²) >= 11 is 0. The number of urea groups is 1. The number of hydrogen-bond acceptors (Lipinski definition) is 4. The van der Waals surface area contributed by atoms with E-state index in [0.717, 1.165) is 22.3 Å². The van der Waals surface area contributed by atoms with E-state index < -0.39 is 5.97 Å². The van der Waals surface area contributed by atoms with E-state index in [1.807, 2.05) is 48.5 Å². The van der Waals surface area contributed by atoms with Gasteiger partial charge in [-0.15, -0.1) is 0 Å². The molecule has 3 aromatic rings. The third-order valence-corrected chi connectivity index (χ3v) is 6.05. The van der Waals surface area contributed by atoms with E-state index in [2.05, 4.69) is 20.6 Å². The quantitative estimate of drug-likeness (QED) is 0.450. The number of benzene rings is 2. The smallest absolute Gasteiger partial charge is 0.315 e. The molecule has 1 fully saturated rings. The number of H-pyrrole nitrogens is 1. The zero-order valence-electron chi connectivity index (χ0n) is 18.0. The van der Waals surface area contributed by atoms with Crippen LogP contribution in [0, 0.1) is 5.92 Å². The largest absolute Gasteiger partial charge is 0.497 e. The molecular weight excluding hydrogens is 408 g/mol. The number of aromatic amines is 1. The van der Waals surface area contributed by atoms with Crippen LogP contribution in [-0.2, 0) is 11.2 Å². The van der Waals surface area contributed by atoms with Crippen molar-refractivity contribution in [3.63, 3.8) is 0 Å². The molecule has 4 rings (SSSR count). The number of imidazole rings is 1. The van der Waals surface area contributed by atoms with Gasteiger partial charge in [-0.25, -0.2) is 9.78 Å². The van der Waals surface area contributed by atoms with Gasteiger partial charge < -0.3 is 25.5 Å². The Kier molecular flexibility index (Phi) is 6.58. The summed E-state index contributed by atoms with van der Waals surface area (Å²) in [6.07, 6.45) is 3.05. The topological polar surface area (TPSA) is 116 Å². The highest BCUT2D eigenvalue weighted by Crippen LogP contribution is 2.25. The van der Waals surface area contributed by atoms with Gasteiger partial charge in [0.15, 0.2) is 0 Å². The fourth-order valence-electron chi connectivity index (χ4n) is 4.22. The minimum Gasteiger partial charge on any atom is -0.497 e. The number of carbonyl (C=O) groups is 2. The van der Waals surface area contributed by atoms with E-state index >= 15 is 0 Å². The van der Waals surface area contributed by atoms with Crippen molar-refractivity contribution in [3.05, 3.63) is 59.9 Å². The summed E-state index contributed by atoms with van der Waals surface area (Å²) in [7, 11) is 1.63. The number of para-hydroxylation sites is 2. The molecule has 2 amide bonds. The number of carboxylic acids is 1. The fourth-order valence-corrected chi connectivity index (χ4v) is 4.22. The van der Waals surface area contributed by atoms with Gasteiger partial charge >= 0.3 is 12.0 Å². The van der Waals surface area contributed by atoms with E-state index in [1.165, 1.54) is 0 Å². The summed E-state index contributed by atoms with van der Waals surface area (Å²) in [5.41, 5.74) is 2.80.